The van der Waals surface area contributed by atoms with Crippen LogP contribution in [0.4, 0.5) is 0 Å². The molecular weight excluding hydrogens is 250 g/mol. The lowest BCUT2D eigenvalue weighted by Crippen LogP contribution is -2.18. The maximum absolute atomic E-state index is 5.01. The smallest absolute Gasteiger partial charge is 0.0766 e. The van der Waals surface area contributed by atoms with Crippen LogP contribution in [0.1, 0.15) is 24.6 Å². The normalized spacial score (nSPS) is 10.9. The topological polar surface area (TPSA) is 39.1 Å². The number of hydrogen-bond acceptors (Lipinski definition) is 3. The lowest BCUT2D eigenvalue weighted by atomic mass is 10.1. The monoisotopic (exact) mass is 273 g/mol. The highest BCUT2D eigenvalue weighted by atomic mass is 16.5. The second-order valence-electron chi connectivity index (χ2n) is 4.80. The summed E-state index contributed by atoms with van der Waals surface area (Å²) in [6, 6.07) is 10.5. The first-order valence-corrected chi connectivity index (χ1v) is 7.17. The molecule has 0 aliphatic carbocycles. The summed E-state index contributed by atoms with van der Waals surface area (Å²) in [6.45, 7) is 4.53. The highest BCUT2D eigenvalue weighted by Gasteiger charge is 2.05. The Morgan fingerprint density at radius 1 is 1.25 bits per heavy atom. The Hall–Kier alpha value is -1.65. The van der Waals surface area contributed by atoms with Crippen molar-refractivity contribution in [1.82, 2.24) is 15.1 Å². The maximum Gasteiger partial charge on any atom is 0.0766 e. The molecule has 0 spiro atoms. The van der Waals surface area contributed by atoms with Crippen LogP contribution in [-0.2, 0) is 17.7 Å². The second kappa shape index (κ2) is 7.82. The molecule has 0 aliphatic heterocycles. The van der Waals surface area contributed by atoms with Crippen LogP contribution in [0.25, 0.3) is 5.69 Å². The molecular formula is C16H23N3O. The van der Waals surface area contributed by atoms with Crippen molar-refractivity contribution in [2.75, 3.05) is 20.3 Å². The van der Waals surface area contributed by atoms with Crippen LogP contribution in [0, 0.1) is 0 Å². The number of para-hydroxylation sites is 1. The molecule has 0 aliphatic rings. The largest absolute Gasteiger partial charge is 0.383 e. The van der Waals surface area contributed by atoms with E-state index in [9.17, 15) is 0 Å². The molecule has 0 unspecified atom stereocenters. The third-order valence-corrected chi connectivity index (χ3v) is 3.19. The molecule has 0 bridgehead atoms. The summed E-state index contributed by atoms with van der Waals surface area (Å²) >= 11 is 0. The minimum absolute atomic E-state index is 0.722. The summed E-state index contributed by atoms with van der Waals surface area (Å²) in [5.41, 5.74) is 3.57. The number of nitrogens with zero attached hydrogens (tertiary/aromatic N) is 2. The fraction of sp³-hybridized carbons (Fsp3) is 0.438. The van der Waals surface area contributed by atoms with Gasteiger partial charge in [0.25, 0.3) is 0 Å². The molecule has 0 radical (unpaired) electrons. The molecule has 1 heterocycles. The summed E-state index contributed by atoms with van der Waals surface area (Å²) < 4.78 is 6.98. The van der Waals surface area contributed by atoms with Crippen LogP contribution in [0.2, 0.25) is 0 Å². The number of benzene rings is 1. The maximum atomic E-state index is 5.01. The molecule has 4 heteroatoms. The van der Waals surface area contributed by atoms with E-state index in [1.54, 1.807) is 7.11 Å². The van der Waals surface area contributed by atoms with E-state index in [0.717, 1.165) is 38.2 Å². The molecule has 0 fully saturated rings. The van der Waals surface area contributed by atoms with Crippen LogP contribution in [0.3, 0.4) is 0 Å². The Morgan fingerprint density at radius 2 is 2.10 bits per heavy atom. The van der Waals surface area contributed by atoms with Gasteiger partial charge in [0, 0.05) is 26.4 Å². The van der Waals surface area contributed by atoms with E-state index < -0.39 is 0 Å². The van der Waals surface area contributed by atoms with Crippen LogP contribution in [0.5, 0.6) is 0 Å². The molecule has 4 nitrogen and oxygen atoms in total. The van der Waals surface area contributed by atoms with Crippen molar-refractivity contribution in [1.29, 1.82) is 0 Å². The van der Waals surface area contributed by atoms with Gasteiger partial charge in [-0.1, -0.05) is 31.5 Å². The fourth-order valence-electron chi connectivity index (χ4n) is 2.20. The zero-order valence-corrected chi connectivity index (χ0v) is 12.3. The Kier molecular flexibility index (Phi) is 5.77. The quantitative estimate of drug-likeness (QED) is 0.751. The lowest BCUT2D eigenvalue weighted by molar-refractivity contribution is 0.199. The molecule has 108 valence electrons. The number of hydrogen-bond donors (Lipinski definition) is 1. The molecule has 0 saturated carbocycles. The van der Waals surface area contributed by atoms with Gasteiger partial charge in [0.2, 0.25) is 0 Å². The van der Waals surface area contributed by atoms with Crippen LogP contribution >= 0.6 is 0 Å². The molecule has 2 aromatic rings. The number of rotatable bonds is 8. The summed E-state index contributed by atoms with van der Waals surface area (Å²) in [4.78, 5) is 0. The van der Waals surface area contributed by atoms with Gasteiger partial charge in [-0.25, -0.2) is 4.68 Å². The van der Waals surface area contributed by atoms with Gasteiger partial charge in [-0.05, 0) is 24.1 Å². The van der Waals surface area contributed by atoms with Crippen LogP contribution < -0.4 is 5.32 Å². The zero-order chi connectivity index (χ0) is 14.2. The first-order chi connectivity index (χ1) is 9.85. The van der Waals surface area contributed by atoms with Crippen molar-refractivity contribution >= 4 is 0 Å². The van der Waals surface area contributed by atoms with E-state index >= 15 is 0 Å². The third-order valence-electron chi connectivity index (χ3n) is 3.19. The fourth-order valence-corrected chi connectivity index (χ4v) is 2.20. The number of ether oxygens (including phenoxy) is 1. The van der Waals surface area contributed by atoms with E-state index in [1.807, 2.05) is 10.9 Å². The van der Waals surface area contributed by atoms with E-state index in [4.69, 9.17) is 4.74 Å². The molecule has 2 rings (SSSR count). The Balaban J connectivity index is 2.04. The number of nitrogens with one attached hydrogen (secondary N) is 1. The summed E-state index contributed by atoms with van der Waals surface area (Å²) in [5, 5.41) is 7.94. The van der Waals surface area contributed by atoms with Gasteiger partial charge in [-0.3, -0.25) is 0 Å². The SMILES string of the molecule is CCCc1ccccc1-n1ccc(CNCCOC)n1. The minimum atomic E-state index is 0.722. The predicted octanol–water partition coefficient (Wildman–Crippen LogP) is 2.56. The average molecular weight is 273 g/mol. The molecule has 1 aromatic heterocycles. The van der Waals surface area contributed by atoms with Crippen LogP contribution in [-0.4, -0.2) is 30.0 Å². The predicted molar refractivity (Wildman–Crippen MR) is 81.1 cm³/mol. The Morgan fingerprint density at radius 3 is 2.90 bits per heavy atom. The van der Waals surface area contributed by atoms with E-state index in [0.29, 0.717) is 0 Å². The van der Waals surface area contributed by atoms with E-state index in [1.165, 1.54) is 11.3 Å². The van der Waals surface area contributed by atoms with Crippen molar-refractivity contribution in [2.45, 2.75) is 26.3 Å². The van der Waals surface area contributed by atoms with E-state index in [2.05, 4.69) is 47.7 Å². The van der Waals surface area contributed by atoms with Crippen molar-refractivity contribution in [3.63, 3.8) is 0 Å². The molecule has 0 amide bonds. The van der Waals surface area contributed by atoms with Gasteiger partial charge in [0.15, 0.2) is 0 Å². The molecule has 0 atom stereocenters. The van der Waals surface area contributed by atoms with Gasteiger partial charge in [-0.15, -0.1) is 0 Å². The highest BCUT2D eigenvalue weighted by molar-refractivity contribution is 5.40. The van der Waals surface area contributed by atoms with Crippen molar-refractivity contribution in [3.05, 3.63) is 47.8 Å². The number of aryl methyl sites for hydroxylation is 1. The number of methoxy groups -OCH3 is 1. The minimum Gasteiger partial charge on any atom is -0.383 e. The first-order valence-electron chi connectivity index (χ1n) is 7.17. The van der Waals surface area contributed by atoms with Crippen molar-refractivity contribution in [2.24, 2.45) is 0 Å². The molecule has 1 aromatic carbocycles. The van der Waals surface area contributed by atoms with Crippen molar-refractivity contribution < 1.29 is 4.74 Å². The molecule has 0 saturated heterocycles. The van der Waals surface area contributed by atoms with Gasteiger partial charge in [-0.2, -0.15) is 5.10 Å². The number of aromatic nitrogens is 2. The summed E-state index contributed by atoms with van der Waals surface area (Å²) in [7, 11) is 1.71. The molecule has 20 heavy (non-hydrogen) atoms. The van der Waals surface area contributed by atoms with Crippen molar-refractivity contribution in [3.8, 4) is 5.69 Å². The van der Waals surface area contributed by atoms with Gasteiger partial charge in [0.1, 0.15) is 0 Å². The Labute approximate surface area is 120 Å². The summed E-state index contributed by atoms with van der Waals surface area (Å²) in [5.74, 6) is 0. The average Bonchev–Trinajstić information content (AvgIpc) is 2.93. The second-order valence-corrected chi connectivity index (χ2v) is 4.80. The van der Waals surface area contributed by atoms with Gasteiger partial charge >= 0.3 is 0 Å². The third kappa shape index (κ3) is 3.92. The van der Waals surface area contributed by atoms with E-state index in [-0.39, 0.29) is 0 Å². The Bertz CT molecular complexity index is 522. The zero-order valence-electron chi connectivity index (χ0n) is 12.3. The lowest BCUT2D eigenvalue weighted by Gasteiger charge is -2.08. The van der Waals surface area contributed by atoms with Gasteiger partial charge < -0.3 is 10.1 Å². The van der Waals surface area contributed by atoms with Gasteiger partial charge in [0.05, 0.1) is 18.0 Å². The standard InChI is InChI=1S/C16H23N3O/c1-3-6-14-7-4-5-8-16(14)19-11-9-15(18-19)13-17-10-12-20-2/h4-5,7-9,11,17H,3,6,10,12-13H2,1-2H3. The first kappa shape index (κ1) is 14.8. The highest BCUT2D eigenvalue weighted by Crippen LogP contribution is 2.15. The summed E-state index contributed by atoms with van der Waals surface area (Å²) in [6.07, 6.45) is 4.25. The van der Waals surface area contributed by atoms with Crippen LogP contribution in [0.15, 0.2) is 36.5 Å². The molecule has 1 N–H and O–H groups in total.